The van der Waals surface area contributed by atoms with Gasteiger partial charge in [0.05, 0.1) is 12.1 Å². The van der Waals surface area contributed by atoms with E-state index in [1.54, 1.807) is 37.3 Å². The molecule has 2 heterocycles. The monoisotopic (exact) mass is 812 g/mol. The fraction of sp³-hybridized carbons (Fsp3) is 0.310. The largest absolute Gasteiger partial charge is 0.488 e. The number of nitrogens with zero attached hydrogens (tertiary/aromatic N) is 1. The number of rotatable bonds is 14. The van der Waals surface area contributed by atoms with Crippen LogP contribution in [0.3, 0.4) is 0 Å². The van der Waals surface area contributed by atoms with E-state index in [2.05, 4.69) is 5.32 Å². The fourth-order valence-corrected chi connectivity index (χ4v) is 6.55. The highest BCUT2D eigenvalue weighted by molar-refractivity contribution is 6.12. The minimum atomic E-state index is -6.08. The quantitative estimate of drug-likeness (QED) is 0.0939. The number of nitrogens with one attached hydrogen (secondary N) is 1. The number of aliphatic hydroxyl groups is 1. The maximum atomic E-state index is 13.9. The van der Waals surface area contributed by atoms with E-state index in [-0.39, 0.29) is 47.2 Å². The van der Waals surface area contributed by atoms with Crippen LogP contribution < -0.4 is 14.8 Å². The van der Waals surface area contributed by atoms with Crippen LogP contribution in [0, 0.1) is 0 Å². The van der Waals surface area contributed by atoms with E-state index in [0.29, 0.717) is 36.3 Å². The summed E-state index contributed by atoms with van der Waals surface area (Å²) in [5, 5.41) is 12.6. The second-order valence-electron chi connectivity index (χ2n) is 14.0. The number of imide groups is 1. The van der Waals surface area contributed by atoms with Gasteiger partial charge in [0.15, 0.2) is 17.1 Å². The topological polar surface area (TPSA) is 124 Å². The SMILES string of the molecule is CCCc1cc(C(O)(C(F)(F)F)C(F)(F)F)ccc1Oc1ccc(C(=O)CN2C(=O)NC(C)(C3=COC=C(CC4=CC=CCC4)O3)C2=O)c(OCc2ccccc2)c1. The Morgan fingerprint density at radius 2 is 1.71 bits per heavy atom. The summed E-state index contributed by atoms with van der Waals surface area (Å²) in [5.41, 5.74) is -6.63. The molecule has 306 valence electrons. The van der Waals surface area contributed by atoms with Crippen molar-refractivity contribution in [2.45, 2.75) is 76.1 Å². The van der Waals surface area contributed by atoms with Crippen molar-refractivity contribution in [3.05, 3.63) is 137 Å². The Kier molecular flexibility index (Phi) is 11.8. The van der Waals surface area contributed by atoms with Crippen molar-refractivity contribution >= 4 is 17.7 Å². The third-order valence-electron chi connectivity index (χ3n) is 9.72. The van der Waals surface area contributed by atoms with Crippen molar-refractivity contribution in [2.24, 2.45) is 0 Å². The van der Waals surface area contributed by atoms with Crippen LogP contribution in [0.25, 0.3) is 0 Å². The molecule has 3 aromatic rings. The number of carbonyl (C=O) groups excluding carboxylic acids is 3. The lowest BCUT2D eigenvalue weighted by molar-refractivity contribution is -0.376. The zero-order chi connectivity index (χ0) is 41.9. The Morgan fingerprint density at radius 3 is 2.38 bits per heavy atom. The summed E-state index contributed by atoms with van der Waals surface area (Å²) in [6.45, 7) is 2.30. The molecule has 0 saturated carbocycles. The molecule has 1 fully saturated rings. The van der Waals surface area contributed by atoms with Crippen LogP contribution in [-0.2, 0) is 32.9 Å². The molecule has 16 heteroatoms. The standard InChI is InChI=1S/C42H38F6N2O8/c1-3-10-28-20-29(40(54,41(43,44)45)42(46,47)48)15-18-34(28)57-30-16-17-32(35(21-30)56-23-27-13-8-5-9-14-27)33(51)22-50-37(52)39(2,49-38(50)53)36-25-55-24-31(58-36)19-26-11-6-4-7-12-26/h4-6,8-9,11,13-18,20-21,24-25,54H,3,7,10,12,19,22-23H2,1-2H3,(H,49,53). The molecule has 1 saturated heterocycles. The second kappa shape index (κ2) is 16.4. The van der Waals surface area contributed by atoms with E-state index in [1.165, 1.54) is 37.6 Å². The van der Waals surface area contributed by atoms with Crippen molar-refractivity contribution in [3.63, 3.8) is 0 Å². The van der Waals surface area contributed by atoms with Gasteiger partial charge in [0, 0.05) is 18.1 Å². The molecule has 0 bridgehead atoms. The molecule has 3 aliphatic rings. The van der Waals surface area contributed by atoms with Gasteiger partial charge in [-0.15, -0.1) is 0 Å². The molecule has 3 aromatic carbocycles. The van der Waals surface area contributed by atoms with Crippen molar-refractivity contribution in [3.8, 4) is 17.2 Å². The number of hydrogen-bond donors (Lipinski definition) is 2. The van der Waals surface area contributed by atoms with Gasteiger partial charge in [0.25, 0.3) is 11.5 Å². The first-order valence-electron chi connectivity index (χ1n) is 18.2. The van der Waals surface area contributed by atoms with E-state index in [1.807, 2.05) is 18.2 Å². The number of hydrogen-bond acceptors (Lipinski definition) is 8. The van der Waals surface area contributed by atoms with E-state index < -0.39 is 53.3 Å². The smallest absolute Gasteiger partial charge is 0.430 e. The molecular formula is C42H38F6N2O8. The van der Waals surface area contributed by atoms with Gasteiger partial charge in [-0.2, -0.15) is 26.3 Å². The van der Waals surface area contributed by atoms with E-state index in [4.69, 9.17) is 18.9 Å². The molecule has 0 spiro atoms. The van der Waals surface area contributed by atoms with Gasteiger partial charge >= 0.3 is 18.4 Å². The number of allylic oxidation sites excluding steroid dienone is 4. The average Bonchev–Trinajstić information content (AvgIpc) is 3.41. The number of Topliss-reactive ketones (excluding diaryl/α,β-unsaturated/α-hetero) is 1. The number of ether oxygens (including phenoxy) is 4. The van der Waals surface area contributed by atoms with E-state index >= 15 is 0 Å². The lowest BCUT2D eigenvalue weighted by atomic mass is 9.90. The average molecular weight is 813 g/mol. The van der Waals surface area contributed by atoms with Crippen LogP contribution in [-0.4, -0.2) is 52.2 Å². The van der Waals surface area contributed by atoms with Gasteiger partial charge in [-0.05, 0) is 61.6 Å². The molecule has 1 atom stereocenters. The predicted octanol–water partition coefficient (Wildman–Crippen LogP) is 9.21. The summed E-state index contributed by atoms with van der Waals surface area (Å²) in [5.74, 6) is -1.27. The van der Waals surface area contributed by atoms with Gasteiger partial charge in [0.1, 0.15) is 42.1 Å². The summed E-state index contributed by atoms with van der Waals surface area (Å²) in [6, 6.07) is 13.8. The molecule has 0 aromatic heterocycles. The molecule has 1 unspecified atom stereocenters. The molecule has 2 aliphatic heterocycles. The van der Waals surface area contributed by atoms with Gasteiger partial charge in [-0.3, -0.25) is 14.5 Å². The summed E-state index contributed by atoms with van der Waals surface area (Å²) >= 11 is 0. The molecule has 0 radical (unpaired) electrons. The van der Waals surface area contributed by atoms with Crippen molar-refractivity contribution in [1.29, 1.82) is 0 Å². The summed E-state index contributed by atoms with van der Waals surface area (Å²) in [6.07, 6.45) is -1.25. The first kappa shape index (κ1) is 41.6. The number of amides is 3. The first-order valence-corrected chi connectivity index (χ1v) is 18.2. The minimum Gasteiger partial charge on any atom is -0.488 e. The van der Waals surface area contributed by atoms with E-state index in [0.717, 1.165) is 29.4 Å². The predicted molar refractivity (Wildman–Crippen MR) is 196 cm³/mol. The maximum absolute atomic E-state index is 13.9. The Morgan fingerprint density at radius 1 is 0.966 bits per heavy atom. The zero-order valence-corrected chi connectivity index (χ0v) is 31.2. The van der Waals surface area contributed by atoms with Crippen LogP contribution in [0.5, 0.6) is 17.2 Å². The Balaban J connectivity index is 1.25. The highest BCUT2D eigenvalue weighted by atomic mass is 19.4. The van der Waals surface area contributed by atoms with Gasteiger partial charge in [-0.25, -0.2) is 4.79 Å². The zero-order valence-electron chi connectivity index (χ0n) is 31.2. The summed E-state index contributed by atoms with van der Waals surface area (Å²) in [4.78, 5) is 41.7. The van der Waals surface area contributed by atoms with Gasteiger partial charge in [-0.1, -0.05) is 73.5 Å². The van der Waals surface area contributed by atoms with Gasteiger partial charge < -0.3 is 29.4 Å². The third-order valence-corrected chi connectivity index (χ3v) is 9.72. The van der Waals surface area contributed by atoms with Crippen molar-refractivity contribution in [1.82, 2.24) is 10.2 Å². The molecule has 6 rings (SSSR count). The Bertz CT molecular complexity index is 2180. The number of halogens is 6. The number of urea groups is 1. The molecule has 3 amide bonds. The molecule has 10 nitrogen and oxygen atoms in total. The molecular weight excluding hydrogens is 774 g/mol. The van der Waals surface area contributed by atoms with Crippen LogP contribution >= 0.6 is 0 Å². The maximum Gasteiger partial charge on any atom is 0.430 e. The minimum absolute atomic E-state index is 0.00982. The Hall–Kier alpha value is -6.03. The summed E-state index contributed by atoms with van der Waals surface area (Å²) < 4.78 is 105. The number of benzene rings is 3. The molecule has 1 aliphatic carbocycles. The number of carbonyl (C=O) groups is 3. The first-order chi connectivity index (χ1) is 27.4. The number of ketones is 1. The highest BCUT2D eigenvalue weighted by Crippen LogP contribution is 2.51. The van der Waals surface area contributed by atoms with Crippen LogP contribution in [0.1, 0.15) is 66.6 Å². The van der Waals surface area contributed by atoms with Crippen LogP contribution in [0.4, 0.5) is 31.1 Å². The van der Waals surface area contributed by atoms with Crippen LogP contribution in [0.2, 0.25) is 0 Å². The van der Waals surface area contributed by atoms with Crippen molar-refractivity contribution < 1.29 is 64.8 Å². The normalized spacial score (nSPS) is 18.4. The number of aryl methyl sites for hydroxylation is 1. The highest BCUT2D eigenvalue weighted by Gasteiger charge is 2.71. The van der Waals surface area contributed by atoms with Crippen molar-refractivity contribution in [2.75, 3.05) is 6.54 Å². The lowest BCUT2D eigenvalue weighted by Crippen LogP contribution is -2.53. The lowest BCUT2D eigenvalue weighted by Gasteiger charge is -2.33. The van der Waals surface area contributed by atoms with Crippen LogP contribution in [0.15, 0.2) is 115 Å². The number of alkyl halides is 6. The second-order valence-corrected chi connectivity index (χ2v) is 14.0. The third kappa shape index (κ3) is 8.47. The molecule has 58 heavy (non-hydrogen) atoms. The fourth-order valence-electron chi connectivity index (χ4n) is 6.55. The summed E-state index contributed by atoms with van der Waals surface area (Å²) in [7, 11) is 0. The Labute approximate surface area is 329 Å². The van der Waals surface area contributed by atoms with E-state index in [9.17, 15) is 45.8 Å². The van der Waals surface area contributed by atoms with Gasteiger partial charge in [0.2, 0.25) is 0 Å². The molecule has 2 N–H and O–H groups in total.